The second kappa shape index (κ2) is 6.00. The number of Topliss-reactive ketones (excluding diaryl/α,β-unsaturated/α-hetero) is 2. The predicted octanol–water partition coefficient (Wildman–Crippen LogP) is 3.67. The van der Waals surface area contributed by atoms with Gasteiger partial charge in [-0.15, -0.1) is 0 Å². The number of hydrogen-bond acceptors (Lipinski definition) is 5. The van der Waals surface area contributed by atoms with E-state index in [0.717, 1.165) is 16.3 Å². The Morgan fingerprint density at radius 2 is 1.47 bits per heavy atom. The summed E-state index contributed by atoms with van der Waals surface area (Å²) < 4.78 is 5.27. The molecule has 0 saturated carbocycles. The minimum absolute atomic E-state index is 0.0676. The number of ketones is 2. The molecule has 0 amide bonds. The van der Waals surface area contributed by atoms with Gasteiger partial charge in [0.25, 0.3) is 0 Å². The van der Waals surface area contributed by atoms with E-state index < -0.39 is 11.9 Å². The molecule has 5 heteroatoms. The second-order valence-electron chi connectivity index (χ2n) is 7.63. The van der Waals surface area contributed by atoms with E-state index in [9.17, 15) is 14.4 Å². The van der Waals surface area contributed by atoms with Crippen molar-refractivity contribution in [3.8, 4) is 0 Å². The van der Waals surface area contributed by atoms with Gasteiger partial charge in [-0.05, 0) is 16.3 Å². The van der Waals surface area contributed by atoms with Crippen LogP contribution in [0.15, 0.2) is 89.3 Å². The van der Waals surface area contributed by atoms with E-state index >= 15 is 0 Å². The summed E-state index contributed by atoms with van der Waals surface area (Å²) in [5.41, 5.74) is 3.04. The number of allylic oxidation sites excluding steroid dienone is 2. The number of rotatable bonds is 1. The Hall–Kier alpha value is -3.99. The highest BCUT2D eigenvalue weighted by Crippen LogP contribution is 2.45. The Kier molecular flexibility index (Phi) is 3.39. The third-order valence-corrected chi connectivity index (χ3v) is 6.01. The number of esters is 1. The molecule has 0 fully saturated rings. The molecule has 3 aromatic rings. The zero-order valence-electron chi connectivity index (χ0n) is 15.8. The van der Waals surface area contributed by atoms with Crippen molar-refractivity contribution in [3.63, 3.8) is 0 Å². The van der Waals surface area contributed by atoms with Crippen LogP contribution >= 0.6 is 0 Å². The zero-order chi connectivity index (χ0) is 20.4. The maximum absolute atomic E-state index is 13.5. The molecule has 3 aromatic carbocycles. The van der Waals surface area contributed by atoms with Crippen LogP contribution in [0.2, 0.25) is 0 Å². The van der Waals surface area contributed by atoms with Crippen LogP contribution in [-0.4, -0.2) is 24.1 Å². The monoisotopic (exact) mass is 393 g/mol. The molecule has 0 aromatic heterocycles. The van der Waals surface area contributed by atoms with E-state index in [1.807, 2.05) is 42.5 Å². The number of benzene rings is 3. The van der Waals surface area contributed by atoms with Gasteiger partial charge in [0.05, 0.1) is 17.0 Å². The van der Waals surface area contributed by atoms with Crippen molar-refractivity contribution in [3.05, 3.63) is 106 Å². The molecule has 0 radical (unpaired) electrons. The van der Waals surface area contributed by atoms with Gasteiger partial charge in [-0.2, -0.15) is 0 Å². The van der Waals surface area contributed by atoms with Gasteiger partial charge in [0, 0.05) is 22.6 Å². The number of ether oxygens (including phenoxy) is 1. The number of hydrogen-bond donors (Lipinski definition) is 1. The van der Waals surface area contributed by atoms with Crippen LogP contribution in [0, 0.1) is 0 Å². The SMILES string of the molecule is O=C1OCC2=C1C(c1ccc3ccccc3c1)C1=C(N2)C(=O)c2ccccc2C1=O. The van der Waals surface area contributed by atoms with Gasteiger partial charge < -0.3 is 10.1 Å². The minimum Gasteiger partial charge on any atom is -0.456 e. The highest BCUT2D eigenvalue weighted by atomic mass is 16.5. The van der Waals surface area contributed by atoms with Crippen LogP contribution in [0.3, 0.4) is 0 Å². The summed E-state index contributed by atoms with van der Waals surface area (Å²) in [5, 5.41) is 5.11. The van der Waals surface area contributed by atoms with Crippen molar-refractivity contribution in [2.24, 2.45) is 0 Å². The van der Waals surface area contributed by atoms with Crippen molar-refractivity contribution in [1.29, 1.82) is 0 Å². The lowest BCUT2D eigenvalue weighted by atomic mass is 9.73. The van der Waals surface area contributed by atoms with Crippen LogP contribution in [0.4, 0.5) is 0 Å². The van der Waals surface area contributed by atoms with E-state index in [1.165, 1.54) is 0 Å². The van der Waals surface area contributed by atoms with Crippen LogP contribution in [0.25, 0.3) is 10.8 Å². The Morgan fingerprint density at radius 3 is 2.27 bits per heavy atom. The third kappa shape index (κ3) is 2.20. The number of cyclic esters (lactones) is 1. The molecule has 1 unspecified atom stereocenters. The Balaban J connectivity index is 1.61. The molecule has 1 aliphatic carbocycles. The molecular weight excluding hydrogens is 378 g/mol. The fraction of sp³-hybridized carbons (Fsp3) is 0.0800. The quantitative estimate of drug-likeness (QED) is 0.639. The Labute approximate surface area is 171 Å². The predicted molar refractivity (Wildman–Crippen MR) is 110 cm³/mol. The molecule has 6 rings (SSSR count). The molecule has 0 bridgehead atoms. The summed E-state index contributed by atoms with van der Waals surface area (Å²) in [5.74, 6) is -1.59. The number of dihydropyridines is 1. The smallest absolute Gasteiger partial charge is 0.337 e. The van der Waals surface area contributed by atoms with Crippen molar-refractivity contribution in [2.75, 3.05) is 6.61 Å². The van der Waals surface area contributed by atoms with Crippen LogP contribution < -0.4 is 5.32 Å². The van der Waals surface area contributed by atoms with Gasteiger partial charge in [-0.3, -0.25) is 9.59 Å². The van der Waals surface area contributed by atoms with E-state index in [4.69, 9.17) is 4.74 Å². The summed E-state index contributed by atoms with van der Waals surface area (Å²) in [6.45, 7) is 0.0676. The lowest BCUT2D eigenvalue weighted by molar-refractivity contribution is -0.136. The van der Waals surface area contributed by atoms with Gasteiger partial charge in [-0.1, -0.05) is 66.7 Å². The molecule has 2 aliphatic heterocycles. The van der Waals surface area contributed by atoms with E-state index in [0.29, 0.717) is 28.0 Å². The van der Waals surface area contributed by atoms with Gasteiger partial charge in [-0.25, -0.2) is 4.79 Å². The Bertz CT molecular complexity index is 1380. The highest BCUT2D eigenvalue weighted by molar-refractivity contribution is 6.28. The first kappa shape index (κ1) is 16.9. The number of carbonyl (C=O) groups is 3. The van der Waals surface area contributed by atoms with E-state index in [-0.39, 0.29) is 23.9 Å². The molecule has 2 heterocycles. The average molecular weight is 393 g/mol. The van der Waals surface area contributed by atoms with E-state index in [2.05, 4.69) is 5.32 Å². The number of carbonyl (C=O) groups excluding carboxylic acids is 3. The second-order valence-corrected chi connectivity index (χ2v) is 7.63. The summed E-state index contributed by atoms with van der Waals surface area (Å²) >= 11 is 0. The molecule has 30 heavy (non-hydrogen) atoms. The first-order valence-electron chi connectivity index (χ1n) is 9.72. The molecule has 0 saturated heterocycles. The lowest BCUT2D eigenvalue weighted by Gasteiger charge is -2.32. The van der Waals surface area contributed by atoms with Gasteiger partial charge in [0.15, 0.2) is 5.78 Å². The topological polar surface area (TPSA) is 72.5 Å². The lowest BCUT2D eigenvalue weighted by Crippen LogP contribution is -2.37. The molecule has 5 nitrogen and oxygen atoms in total. The standard InChI is InChI=1S/C25H15NO4/c27-23-16-7-3-4-8-17(16)24(28)22-21(23)19(20-18(26-22)12-30-25(20)29)15-10-9-13-5-1-2-6-14(13)11-15/h1-11,19,26H,12H2. The Morgan fingerprint density at radius 1 is 0.767 bits per heavy atom. The van der Waals surface area contributed by atoms with Gasteiger partial charge >= 0.3 is 5.97 Å². The molecular formula is C25H15NO4. The fourth-order valence-electron chi connectivity index (χ4n) is 4.62. The summed E-state index contributed by atoms with van der Waals surface area (Å²) in [7, 11) is 0. The van der Waals surface area contributed by atoms with Crippen LogP contribution in [0.5, 0.6) is 0 Å². The largest absolute Gasteiger partial charge is 0.456 e. The molecule has 1 atom stereocenters. The summed E-state index contributed by atoms with van der Waals surface area (Å²) in [4.78, 5) is 39.4. The number of fused-ring (bicyclic) bond motifs is 2. The third-order valence-electron chi connectivity index (χ3n) is 6.01. The molecule has 1 N–H and O–H groups in total. The fourth-order valence-corrected chi connectivity index (χ4v) is 4.62. The molecule has 144 valence electrons. The normalized spacial score (nSPS) is 20.0. The van der Waals surface area contributed by atoms with Crippen molar-refractivity contribution >= 4 is 28.3 Å². The maximum Gasteiger partial charge on any atom is 0.337 e. The maximum atomic E-state index is 13.5. The minimum atomic E-state index is -0.652. The highest BCUT2D eigenvalue weighted by Gasteiger charge is 2.46. The van der Waals surface area contributed by atoms with Crippen LogP contribution in [-0.2, 0) is 9.53 Å². The van der Waals surface area contributed by atoms with Crippen molar-refractivity contribution in [2.45, 2.75) is 5.92 Å². The summed E-state index contributed by atoms with van der Waals surface area (Å²) in [6.07, 6.45) is 0. The number of nitrogens with one attached hydrogen (secondary N) is 1. The van der Waals surface area contributed by atoms with Gasteiger partial charge in [0.2, 0.25) is 5.78 Å². The van der Waals surface area contributed by atoms with Crippen LogP contribution in [0.1, 0.15) is 32.2 Å². The van der Waals surface area contributed by atoms with Crippen molar-refractivity contribution < 1.29 is 19.1 Å². The average Bonchev–Trinajstić information content (AvgIpc) is 3.16. The summed E-state index contributed by atoms with van der Waals surface area (Å²) in [6, 6.07) is 20.6. The van der Waals surface area contributed by atoms with E-state index in [1.54, 1.807) is 24.3 Å². The van der Waals surface area contributed by atoms with Gasteiger partial charge in [0.1, 0.15) is 6.61 Å². The van der Waals surface area contributed by atoms with Crippen molar-refractivity contribution in [1.82, 2.24) is 5.32 Å². The molecule has 3 aliphatic rings. The first-order valence-corrected chi connectivity index (χ1v) is 9.72. The first-order chi connectivity index (χ1) is 14.6. The molecule has 0 spiro atoms. The zero-order valence-corrected chi connectivity index (χ0v) is 15.8.